The van der Waals surface area contributed by atoms with Gasteiger partial charge in [0.25, 0.3) is 0 Å². The highest BCUT2D eigenvalue weighted by molar-refractivity contribution is 5.80. The Morgan fingerprint density at radius 2 is 1.59 bits per heavy atom. The Kier molecular flexibility index (Phi) is 5.80. The topological polar surface area (TPSA) is 74.6 Å². The SMILES string of the molecule is CC1CC(C)CN(C(=O)CN2CCN(C(=O)Cn3nnc4ccccc43)CC2)C1. The molecule has 2 amide bonds. The molecule has 29 heavy (non-hydrogen) atoms. The van der Waals surface area contributed by atoms with Crippen LogP contribution in [0.25, 0.3) is 11.0 Å². The first-order valence-corrected chi connectivity index (χ1v) is 10.6. The monoisotopic (exact) mass is 398 g/mol. The number of piperazine rings is 1. The van der Waals surface area contributed by atoms with Crippen molar-refractivity contribution in [2.45, 2.75) is 26.8 Å². The number of hydrogen-bond donors (Lipinski definition) is 0. The van der Waals surface area contributed by atoms with Gasteiger partial charge in [-0.05, 0) is 30.4 Å². The van der Waals surface area contributed by atoms with Crippen LogP contribution < -0.4 is 0 Å². The average molecular weight is 399 g/mol. The lowest BCUT2D eigenvalue weighted by molar-refractivity contribution is -0.137. The van der Waals surface area contributed by atoms with Crippen LogP contribution in [0.1, 0.15) is 20.3 Å². The third-order valence-electron chi connectivity index (χ3n) is 6.01. The predicted molar refractivity (Wildman–Crippen MR) is 110 cm³/mol. The Morgan fingerprint density at radius 3 is 2.31 bits per heavy atom. The normalized spacial score (nSPS) is 23.5. The standard InChI is InChI=1S/C21H30N6O2/c1-16-11-17(2)13-26(12-16)20(28)14-24-7-9-25(10-8-24)21(29)15-27-19-6-4-3-5-18(19)22-23-27/h3-6,16-17H,7-15H2,1-2H3. The maximum atomic E-state index is 12.7. The second-order valence-corrected chi connectivity index (χ2v) is 8.64. The van der Waals surface area contributed by atoms with Crippen LogP contribution in [0.2, 0.25) is 0 Å². The van der Waals surface area contributed by atoms with Crippen LogP contribution in [0.5, 0.6) is 0 Å². The van der Waals surface area contributed by atoms with E-state index in [1.807, 2.05) is 34.1 Å². The van der Waals surface area contributed by atoms with Gasteiger partial charge in [-0.15, -0.1) is 5.10 Å². The summed E-state index contributed by atoms with van der Waals surface area (Å²) in [5, 5.41) is 8.22. The number of rotatable bonds is 4. The van der Waals surface area contributed by atoms with Gasteiger partial charge in [0.2, 0.25) is 11.8 Å². The minimum absolute atomic E-state index is 0.0466. The van der Waals surface area contributed by atoms with Crippen LogP contribution in [0.3, 0.4) is 0 Å². The first kappa shape index (κ1) is 19.8. The van der Waals surface area contributed by atoms with E-state index in [9.17, 15) is 9.59 Å². The lowest BCUT2D eigenvalue weighted by Crippen LogP contribution is -2.53. The van der Waals surface area contributed by atoms with Crippen molar-refractivity contribution in [1.29, 1.82) is 0 Å². The number of nitrogens with zero attached hydrogens (tertiary/aromatic N) is 6. The first-order chi connectivity index (χ1) is 14.0. The number of aromatic nitrogens is 3. The Labute approximate surface area is 171 Å². The molecule has 2 saturated heterocycles. The van der Waals surface area contributed by atoms with Gasteiger partial charge in [0.1, 0.15) is 12.1 Å². The molecule has 0 N–H and O–H groups in total. The van der Waals surface area contributed by atoms with Crippen molar-refractivity contribution in [3.05, 3.63) is 24.3 Å². The van der Waals surface area contributed by atoms with E-state index in [-0.39, 0.29) is 18.4 Å². The summed E-state index contributed by atoms with van der Waals surface area (Å²) < 4.78 is 1.66. The molecule has 2 atom stereocenters. The number of carbonyl (C=O) groups excluding carboxylic acids is 2. The van der Waals surface area contributed by atoms with E-state index >= 15 is 0 Å². The summed E-state index contributed by atoms with van der Waals surface area (Å²) >= 11 is 0. The van der Waals surface area contributed by atoms with E-state index in [4.69, 9.17) is 0 Å². The molecule has 8 heteroatoms. The van der Waals surface area contributed by atoms with Gasteiger partial charge < -0.3 is 9.80 Å². The Balaban J connectivity index is 1.27. The quantitative estimate of drug-likeness (QED) is 0.771. The van der Waals surface area contributed by atoms with Crippen molar-refractivity contribution in [3.63, 3.8) is 0 Å². The van der Waals surface area contributed by atoms with Crippen molar-refractivity contribution in [3.8, 4) is 0 Å². The molecule has 3 heterocycles. The van der Waals surface area contributed by atoms with E-state index in [0.29, 0.717) is 31.5 Å². The van der Waals surface area contributed by atoms with Crippen LogP contribution >= 0.6 is 0 Å². The Hall–Kier alpha value is -2.48. The summed E-state index contributed by atoms with van der Waals surface area (Å²) in [6, 6.07) is 7.65. The molecule has 2 aliphatic heterocycles. The highest BCUT2D eigenvalue weighted by Crippen LogP contribution is 2.21. The van der Waals surface area contributed by atoms with Crippen LogP contribution in [0.4, 0.5) is 0 Å². The van der Waals surface area contributed by atoms with Gasteiger partial charge in [-0.2, -0.15) is 0 Å². The molecule has 0 saturated carbocycles. The van der Waals surface area contributed by atoms with Crippen LogP contribution in [0.15, 0.2) is 24.3 Å². The van der Waals surface area contributed by atoms with Gasteiger partial charge >= 0.3 is 0 Å². The minimum Gasteiger partial charge on any atom is -0.341 e. The van der Waals surface area contributed by atoms with Crippen LogP contribution in [-0.4, -0.2) is 87.3 Å². The number of likely N-dealkylation sites (tertiary alicyclic amines) is 1. The molecule has 0 bridgehead atoms. The van der Waals surface area contributed by atoms with Crippen molar-refractivity contribution in [2.24, 2.45) is 11.8 Å². The fourth-order valence-electron chi connectivity index (χ4n) is 4.58. The van der Waals surface area contributed by atoms with Crippen LogP contribution in [0, 0.1) is 11.8 Å². The van der Waals surface area contributed by atoms with Crippen molar-refractivity contribution in [1.82, 2.24) is 29.7 Å². The molecule has 2 fully saturated rings. The van der Waals surface area contributed by atoms with Crippen molar-refractivity contribution >= 4 is 22.8 Å². The summed E-state index contributed by atoms with van der Waals surface area (Å²) in [6.07, 6.45) is 1.20. The molecular weight excluding hydrogens is 368 g/mol. The van der Waals surface area contributed by atoms with E-state index in [1.165, 1.54) is 6.42 Å². The van der Waals surface area contributed by atoms with Crippen LogP contribution in [-0.2, 0) is 16.1 Å². The van der Waals surface area contributed by atoms with E-state index in [0.717, 1.165) is 37.2 Å². The molecule has 1 aromatic heterocycles. The third-order valence-corrected chi connectivity index (χ3v) is 6.01. The Morgan fingerprint density at radius 1 is 0.931 bits per heavy atom. The number of benzene rings is 1. The number of fused-ring (bicyclic) bond motifs is 1. The van der Waals surface area contributed by atoms with Crippen molar-refractivity contribution in [2.75, 3.05) is 45.8 Å². The van der Waals surface area contributed by atoms with Gasteiger partial charge in [0, 0.05) is 39.3 Å². The maximum Gasteiger partial charge on any atom is 0.244 e. The minimum atomic E-state index is 0.0466. The van der Waals surface area contributed by atoms with Gasteiger partial charge in [-0.1, -0.05) is 31.2 Å². The summed E-state index contributed by atoms with van der Waals surface area (Å²) in [7, 11) is 0. The second kappa shape index (κ2) is 8.49. The maximum absolute atomic E-state index is 12.7. The molecule has 4 rings (SSSR count). The lowest BCUT2D eigenvalue weighted by atomic mass is 9.92. The molecule has 0 aliphatic carbocycles. The fourth-order valence-corrected chi connectivity index (χ4v) is 4.58. The molecular formula is C21H30N6O2. The van der Waals surface area contributed by atoms with Crippen molar-refractivity contribution < 1.29 is 9.59 Å². The smallest absolute Gasteiger partial charge is 0.244 e. The molecule has 1 aromatic carbocycles. The number of piperidine rings is 1. The highest BCUT2D eigenvalue weighted by Gasteiger charge is 2.28. The summed E-state index contributed by atoms with van der Waals surface area (Å²) in [6.45, 7) is 9.58. The predicted octanol–water partition coefficient (Wildman–Crippen LogP) is 1.08. The second-order valence-electron chi connectivity index (χ2n) is 8.64. The number of amides is 2. The average Bonchev–Trinajstić information content (AvgIpc) is 3.11. The molecule has 2 aromatic rings. The van der Waals surface area contributed by atoms with E-state index in [1.54, 1.807) is 4.68 Å². The lowest BCUT2D eigenvalue weighted by Gasteiger charge is -2.38. The molecule has 0 spiro atoms. The van der Waals surface area contributed by atoms with Gasteiger partial charge in [-0.25, -0.2) is 4.68 Å². The largest absolute Gasteiger partial charge is 0.341 e. The molecule has 2 unspecified atom stereocenters. The van der Waals surface area contributed by atoms with Gasteiger partial charge in [0.15, 0.2) is 0 Å². The zero-order chi connectivity index (χ0) is 20.4. The summed E-state index contributed by atoms with van der Waals surface area (Å²) in [4.78, 5) is 31.4. The number of para-hydroxylation sites is 1. The first-order valence-electron chi connectivity index (χ1n) is 10.6. The number of carbonyl (C=O) groups is 2. The molecule has 0 radical (unpaired) electrons. The molecule has 8 nitrogen and oxygen atoms in total. The summed E-state index contributed by atoms with van der Waals surface area (Å²) in [5.74, 6) is 1.41. The van der Waals surface area contributed by atoms with E-state index < -0.39 is 0 Å². The fraction of sp³-hybridized carbons (Fsp3) is 0.619. The zero-order valence-electron chi connectivity index (χ0n) is 17.3. The van der Waals surface area contributed by atoms with Gasteiger partial charge in [0.05, 0.1) is 12.1 Å². The molecule has 2 aliphatic rings. The Bertz CT molecular complexity index is 863. The number of hydrogen-bond acceptors (Lipinski definition) is 5. The van der Waals surface area contributed by atoms with E-state index in [2.05, 4.69) is 29.1 Å². The summed E-state index contributed by atoms with van der Waals surface area (Å²) in [5.41, 5.74) is 1.67. The van der Waals surface area contributed by atoms with Gasteiger partial charge in [-0.3, -0.25) is 14.5 Å². The zero-order valence-corrected chi connectivity index (χ0v) is 17.3. The highest BCUT2D eigenvalue weighted by atomic mass is 16.2. The third kappa shape index (κ3) is 4.58. The molecule has 156 valence electrons.